The normalized spacial score (nSPS) is 14.4. The Morgan fingerprint density at radius 3 is 2.60 bits per heavy atom. The molecular formula is C31H29ClI2N4O7. The highest BCUT2D eigenvalue weighted by molar-refractivity contribution is 14.1. The lowest BCUT2D eigenvalue weighted by Gasteiger charge is -2.28. The molecule has 11 nitrogen and oxygen atoms in total. The monoisotopic (exact) mass is 858 g/mol. The number of hydrogen-bond acceptors (Lipinski definition) is 8. The first-order chi connectivity index (χ1) is 21.6. The zero-order chi connectivity index (χ0) is 32.5. The number of nitrogens with zero attached hydrogens (tertiary/aromatic N) is 1. The van der Waals surface area contributed by atoms with E-state index in [4.69, 9.17) is 30.5 Å². The standard InChI is InChI=1S/C31H29ClI2N4O7/c1-4-43-30(40)27-17(2)36-31(41)37-28(27)18-9-10-24(25(12-18)42-3)44-16-26(39)38-35-14-20-11-21(33)13-23(34)29(20)45-15-19-7-5-6-8-22(19)32/h5-14,28H,4,15-16H2,1-3H3,(H,38,39)(H2,36,37,41)/b35-14+/t28-/m1/s1. The van der Waals surface area contributed by atoms with Crippen molar-refractivity contribution in [3.05, 3.63) is 94.7 Å². The summed E-state index contributed by atoms with van der Waals surface area (Å²) in [5.74, 6) is 0.122. The molecule has 3 aromatic carbocycles. The van der Waals surface area contributed by atoms with Crippen LogP contribution in [0.5, 0.6) is 17.2 Å². The van der Waals surface area contributed by atoms with Crippen molar-refractivity contribution in [2.75, 3.05) is 20.3 Å². The summed E-state index contributed by atoms with van der Waals surface area (Å²) in [6.45, 7) is 3.42. The predicted molar refractivity (Wildman–Crippen MR) is 186 cm³/mol. The third-order valence-corrected chi connectivity index (χ3v) is 8.20. The Hall–Kier alpha value is -3.57. The van der Waals surface area contributed by atoms with Crippen LogP contribution < -0.4 is 30.3 Å². The second-order valence-corrected chi connectivity index (χ2v) is 12.3. The smallest absolute Gasteiger partial charge is 0.338 e. The van der Waals surface area contributed by atoms with Crippen molar-refractivity contribution in [2.24, 2.45) is 5.10 Å². The van der Waals surface area contributed by atoms with Crippen LogP contribution in [0.25, 0.3) is 0 Å². The number of esters is 1. The van der Waals surface area contributed by atoms with E-state index in [2.05, 4.69) is 66.3 Å². The Balaban J connectivity index is 1.42. The summed E-state index contributed by atoms with van der Waals surface area (Å²) in [5, 5.41) is 10.0. The number of methoxy groups -OCH3 is 1. The molecule has 0 aliphatic carbocycles. The van der Waals surface area contributed by atoms with Crippen molar-refractivity contribution < 1.29 is 33.3 Å². The van der Waals surface area contributed by atoms with Gasteiger partial charge in [0.15, 0.2) is 18.1 Å². The fourth-order valence-electron chi connectivity index (χ4n) is 4.35. The summed E-state index contributed by atoms with van der Waals surface area (Å²) in [4.78, 5) is 37.4. The minimum Gasteiger partial charge on any atom is -0.493 e. The van der Waals surface area contributed by atoms with Crippen LogP contribution >= 0.6 is 56.8 Å². The van der Waals surface area contributed by atoms with Crippen LogP contribution in [0.2, 0.25) is 5.02 Å². The van der Waals surface area contributed by atoms with E-state index < -0.39 is 23.9 Å². The number of halogens is 3. The molecule has 14 heteroatoms. The third-order valence-electron chi connectivity index (χ3n) is 6.40. The van der Waals surface area contributed by atoms with Gasteiger partial charge in [-0.15, -0.1) is 0 Å². The van der Waals surface area contributed by atoms with Crippen molar-refractivity contribution in [3.8, 4) is 17.2 Å². The largest absolute Gasteiger partial charge is 0.493 e. The van der Waals surface area contributed by atoms with Gasteiger partial charge in [0.2, 0.25) is 0 Å². The molecule has 0 aromatic heterocycles. The van der Waals surface area contributed by atoms with E-state index in [1.807, 2.05) is 30.3 Å². The average Bonchev–Trinajstić information content (AvgIpc) is 3.00. The van der Waals surface area contributed by atoms with Crippen LogP contribution in [0, 0.1) is 7.14 Å². The number of carbonyl (C=O) groups is 3. The van der Waals surface area contributed by atoms with Gasteiger partial charge in [-0.2, -0.15) is 5.10 Å². The van der Waals surface area contributed by atoms with Gasteiger partial charge in [-0.25, -0.2) is 15.0 Å². The maximum absolute atomic E-state index is 12.6. The van der Waals surface area contributed by atoms with E-state index in [0.717, 1.165) is 12.7 Å². The summed E-state index contributed by atoms with van der Waals surface area (Å²) in [6, 6.07) is 14.9. The number of ether oxygens (including phenoxy) is 4. The quantitative estimate of drug-likeness (QED) is 0.0900. The molecule has 0 spiro atoms. The number of urea groups is 1. The molecule has 1 heterocycles. The van der Waals surface area contributed by atoms with Crippen molar-refractivity contribution in [1.29, 1.82) is 0 Å². The molecule has 0 bridgehead atoms. The highest BCUT2D eigenvalue weighted by Gasteiger charge is 2.32. The van der Waals surface area contributed by atoms with E-state index in [0.29, 0.717) is 33.3 Å². The van der Waals surface area contributed by atoms with Gasteiger partial charge in [-0.3, -0.25) is 4.79 Å². The number of amides is 3. The molecule has 0 saturated carbocycles. The number of allylic oxidation sites excluding steroid dienone is 1. The van der Waals surface area contributed by atoms with Gasteiger partial charge in [0.1, 0.15) is 12.4 Å². The first-order valence-corrected chi connectivity index (χ1v) is 16.1. The zero-order valence-corrected chi connectivity index (χ0v) is 29.5. The average molecular weight is 859 g/mol. The summed E-state index contributed by atoms with van der Waals surface area (Å²) >= 11 is 10.7. The lowest BCUT2D eigenvalue weighted by atomic mass is 9.95. The molecule has 3 N–H and O–H groups in total. The predicted octanol–water partition coefficient (Wildman–Crippen LogP) is 5.86. The van der Waals surface area contributed by atoms with E-state index in [-0.39, 0.29) is 31.1 Å². The van der Waals surface area contributed by atoms with Gasteiger partial charge < -0.3 is 29.6 Å². The first-order valence-electron chi connectivity index (χ1n) is 13.5. The molecule has 1 aliphatic rings. The van der Waals surface area contributed by atoms with Crippen LogP contribution in [0.3, 0.4) is 0 Å². The van der Waals surface area contributed by atoms with Gasteiger partial charge in [0.05, 0.1) is 35.1 Å². The molecule has 45 heavy (non-hydrogen) atoms. The fourth-order valence-corrected chi connectivity index (χ4v) is 6.59. The summed E-state index contributed by atoms with van der Waals surface area (Å²) in [6.07, 6.45) is 1.50. The number of nitrogens with one attached hydrogen (secondary N) is 3. The lowest BCUT2D eigenvalue weighted by Crippen LogP contribution is -2.45. The van der Waals surface area contributed by atoms with Crippen LogP contribution in [0.4, 0.5) is 4.79 Å². The molecule has 3 aromatic rings. The molecule has 3 amide bonds. The van der Waals surface area contributed by atoms with Gasteiger partial charge in [-0.1, -0.05) is 35.9 Å². The minimum absolute atomic E-state index is 0.182. The van der Waals surface area contributed by atoms with Gasteiger partial charge in [0, 0.05) is 25.4 Å². The topological polar surface area (TPSA) is 137 Å². The highest BCUT2D eigenvalue weighted by Crippen LogP contribution is 2.35. The van der Waals surface area contributed by atoms with Crippen molar-refractivity contribution >= 4 is 80.9 Å². The second-order valence-electron chi connectivity index (χ2n) is 9.47. The van der Waals surface area contributed by atoms with Crippen molar-refractivity contribution in [3.63, 3.8) is 0 Å². The van der Waals surface area contributed by atoms with Crippen molar-refractivity contribution in [2.45, 2.75) is 26.5 Å². The Bertz CT molecular complexity index is 1660. The number of benzene rings is 3. The Morgan fingerprint density at radius 1 is 1.09 bits per heavy atom. The number of hydrogen-bond donors (Lipinski definition) is 3. The number of hydrazone groups is 1. The molecule has 1 aliphatic heterocycles. The molecule has 0 saturated heterocycles. The maximum Gasteiger partial charge on any atom is 0.338 e. The molecule has 236 valence electrons. The summed E-state index contributed by atoms with van der Waals surface area (Å²) < 4.78 is 24.3. The molecule has 1 atom stereocenters. The Kier molecular flexibility index (Phi) is 12.3. The highest BCUT2D eigenvalue weighted by atomic mass is 127. The zero-order valence-electron chi connectivity index (χ0n) is 24.4. The lowest BCUT2D eigenvalue weighted by molar-refractivity contribution is -0.139. The molecule has 0 unspecified atom stereocenters. The summed E-state index contributed by atoms with van der Waals surface area (Å²) in [5.41, 5.74) is 5.20. The molecular weight excluding hydrogens is 830 g/mol. The van der Waals surface area contributed by atoms with E-state index in [1.165, 1.54) is 13.3 Å². The number of rotatable bonds is 12. The van der Waals surface area contributed by atoms with E-state index in [9.17, 15) is 14.4 Å². The van der Waals surface area contributed by atoms with Gasteiger partial charge in [-0.05, 0) is 94.9 Å². The van der Waals surface area contributed by atoms with Crippen LogP contribution in [0.15, 0.2) is 71.0 Å². The fraction of sp³-hybridized carbons (Fsp3) is 0.226. The molecule has 4 rings (SSSR count). The maximum atomic E-state index is 12.6. The first kappa shape index (κ1) is 34.3. The Morgan fingerprint density at radius 2 is 1.87 bits per heavy atom. The molecule has 0 radical (unpaired) electrons. The number of carbonyl (C=O) groups excluding carboxylic acids is 3. The summed E-state index contributed by atoms with van der Waals surface area (Å²) in [7, 11) is 1.44. The van der Waals surface area contributed by atoms with Gasteiger partial charge in [0.25, 0.3) is 5.91 Å². The van der Waals surface area contributed by atoms with Crippen molar-refractivity contribution in [1.82, 2.24) is 16.1 Å². The van der Waals surface area contributed by atoms with Crippen LogP contribution in [-0.2, 0) is 20.9 Å². The van der Waals surface area contributed by atoms with Crippen LogP contribution in [-0.4, -0.2) is 44.4 Å². The van der Waals surface area contributed by atoms with E-state index >= 15 is 0 Å². The van der Waals surface area contributed by atoms with E-state index in [1.54, 1.807) is 38.1 Å². The Labute approximate surface area is 292 Å². The minimum atomic E-state index is -0.777. The third kappa shape index (κ3) is 9.00. The SMILES string of the molecule is CCOC(=O)C1=C(C)NC(=O)N[C@@H]1c1ccc(OCC(=O)N/N=C/c2cc(I)cc(I)c2OCc2ccccc2Cl)c(OC)c1. The van der Waals surface area contributed by atoms with Gasteiger partial charge >= 0.3 is 12.0 Å². The van der Waals surface area contributed by atoms with Crippen LogP contribution in [0.1, 0.15) is 36.6 Å². The second kappa shape index (κ2) is 16.1. The molecule has 0 fully saturated rings.